The third-order valence-corrected chi connectivity index (χ3v) is 5.39. The summed E-state index contributed by atoms with van der Waals surface area (Å²) in [5.74, 6) is 0.605. The zero-order valence-corrected chi connectivity index (χ0v) is 15.8. The average molecular weight is 377 g/mol. The molecule has 6 nitrogen and oxygen atoms in total. The largest absolute Gasteiger partial charge is 0.463 e. The van der Waals surface area contributed by atoms with Gasteiger partial charge in [-0.05, 0) is 43.5 Å². The molecule has 1 aromatic carbocycles. The Morgan fingerprint density at radius 3 is 2.50 bits per heavy atom. The van der Waals surface area contributed by atoms with Crippen molar-refractivity contribution in [1.29, 1.82) is 0 Å². The Bertz CT molecular complexity index is 987. The second-order valence-electron chi connectivity index (χ2n) is 7.17. The fourth-order valence-electron chi connectivity index (χ4n) is 3.73. The van der Waals surface area contributed by atoms with Crippen LogP contribution in [-0.4, -0.2) is 33.7 Å². The van der Waals surface area contributed by atoms with Gasteiger partial charge in [0.25, 0.3) is 5.56 Å². The van der Waals surface area contributed by atoms with Gasteiger partial charge < -0.3 is 9.32 Å². The third-order valence-electron chi connectivity index (χ3n) is 5.39. The van der Waals surface area contributed by atoms with Crippen molar-refractivity contribution in [2.75, 3.05) is 13.1 Å². The van der Waals surface area contributed by atoms with E-state index in [0.717, 1.165) is 5.56 Å². The molecule has 3 aromatic rings. The molecule has 0 N–H and O–H groups in total. The summed E-state index contributed by atoms with van der Waals surface area (Å²) in [5.41, 5.74) is 1.54. The molecule has 0 radical (unpaired) electrons. The predicted octanol–water partition coefficient (Wildman–Crippen LogP) is 3.47. The first-order chi connectivity index (χ1) is 13.6. The molecule has 1 atom stereocenters. The van der Waals surface area contributed by atoms with Crippen LogP contribution in [0.4, 0.5) is 0 Å². The van der Waals surface area contributed by atoms with Crippen LogP contribution in [-0.2, 0) is 4.79 Å². The van der Waals surface area contributed by atoms with Gasteiger partial charge in [0.2, 0.25) is 5.91 Å². The van der Waals surface area contributed by atoms with Gasteiger partial charge in [0.1, 0.15) is 5.69 Å². The van der Waals surface area contributed by atoms with Crippen LogP contribution in [0.2, 0.25) is 0 Å². The molecular formula is C22H23N3O3. The van der Waals surface area contributed by atoms with Gasteiger partial charge in [0.05, 0.1) is 18.2 Å². The zero-order valence-electron chi connectivity index (χ0n) is 15.8. The highest BCUT2D eigenvalue weighted by Gasteiger charge is 2.28. The van der Waals surface area contributed by atoms with Gasteiger partial charge in [0.15, 0.2) is 5.76 Å². The highest BCUT2D eigenvalue weighted by Crippen LogP contribution is 2.25. The van der Waals surface area contributed by atoms with Crippen molar-refractivity contribution in [2.45, 2.75) is 31.7 Å². The Hall–Kier alpha value is -3.15. The maximum absolute atomic E-state index is 12.8. The first-order valence-electron chi connectivity index (χ1n) is 9.61. The summed E-state index contributed by atoms with van der Waals surface area (Å²) in [6.45, 7) is 3.20. The van der Waals surface area contributed by atoms with E-state index in [1.54, 1.807) is 23.1 Å². The normalized spacial score (nSPS) is 16.1. The van der Waals surface area contributed by atoms with E-state index in [2.05, 4.69) is 5.10 Å². The Balaban J connectivity index is 1.45. The summed E-state index contributed by atoms with van der Waals surface area (Å²) in [5, 5.41) is 4.50. The van der Waals surface area contributed by atoms with Gasteiger partial charge in [-0.3, -0.25) is 9.59 Å². The maximum Gasteiger partial charge on any atom is 0.267 e. The Labute approximate surface area is 163 Å². The molecule has 1 aliphatic heterocycles. The molecule has 0 unspecified atom stereocenters. The van der Waals surface area contributed by atoms with Crippen molar-refractivity contribution < 1.29 is 9.21 Å². The standard InChI is InChI=1S/C22H23N3O3/c1-16(17-6-3-2-4-7-17)22(27)24-13-11-18(12-14-24)25-21(26)10-9-19(23-25)20-8-5-15-28-20/h2-10,15-16,18H,11-14H2,1H3/t16-/m0/s1. The smallest absolute Gasteiger partial charge is 0.267 e. The maximum atomic E-state index is 12.8. The molecule has 1 saturated heterocycles. The SMILES string of the molecule is C[C@H](C(=O)N1CCC(n2nc(-c3ccco3)ccc2=O)CC1)c1ccccc1. The zero-order chi connectivity index (χ0) is 19.5. The summed E-state index contributed by atoms with van der Waals surface area (Å²) in [6.07, 6.45) is 3.01. The van der Waals surface area contributed by atoms with Crippen molar-refractivity contribution in [3.8, 4) is 11.5 Å². The van der Waals surface area contributed by atoms with Gasteiger partial charge in [-0.15, -0.1) is 0 Å². The summed E-state index contributed by atoms with van der Waals surface area (Å²) in [4.78, 5) is 27.1. The van der Waals surface area contributed by atoms with Crippen LogP contribution in [0.3, 0.4) is 0 Å². The lowest BCUT2D eigenvalue weighted by Gasteiger charge is -2.34. The van der Waals surface area contributed by atoms with Gasteiger partial charge in [-0.2, -0.15) is 5.10 Å². The van der Waals surface area contributed by atoms with Gasteiger partial charge >= 0.3 is 0 Å². The number of hydrogen-bond acceptors (Lipinski definition) is 4. The minimum absolute atomic E-state index is 0.0153. The van der Waals surface area contributed by atoms with E-state index in [0.29, 0.717) is 37.4 Å². The number of furan rings is 1. The third kappa shape index (κ3) is 3.63. The van der Waals surface area contributed by atoms with E-state index in [9.17, 15) is 9.59 Å². The molecular weight excluding hydrogens is 354 g/mol. The van der Waals surface area contributed by atoms with Gasteiger partial charge in [-0.1, -0.05) is 30.3 Å². The number of piperidine rings is 1. The molecule has 0 bridgehead atoms. The second kappa shape index (κ2) is 7.84. The van der Waals surface area contributed by atoms with Crippen LogP contribution in [0.5, 0.6) is 0 Å². The van der Waals surface area contributed by atoms with E-state index in [4.69, 9.17) is 4.42 Å². The molecule has 0 saturated carbocycles. The van der Waals surface area contributed by atoms with Crippen molar-refractivity contribution in [1.82, 2.24) is 14.7 Å². The van der Waals surface area contributed by atoms with Crippen molar-refractivity contribution in [3.63, 3.8) is 0 Å². The molecule has 1 amide bonds. The van der Waals surface area contributed by atoms with E-state index in [1.807, 2.05) is 48.2 Å². The van der Waals surface area contributed by atoms with Gasteiger partial charge in [0, 0.05) is 19.2 Å². The first-order valence-corrected chi connectivity index (χ1v) is 9.61. The molecule has 3 heterocycles. The average Bonchev–Trinajstić information content (AvgIpc) is 3.29. The van der Waals surface area contributed by atoms with Gasteiger partial charge in [-0.25, -0.2) is 4.68 Å². The van der Waals surface area contributed by atoms with Crippen LogP contribution in [0, 0.1) is 0 Å². The number of carbonyl (C=O) groups excluding carboxylic acids is 1. The van der Waals surface area contributed by atoms with E-state index in [-0.39, 0.29) is 23.4 Å². The fourth-order valence-corrected chi connectivity index (χ4v) is 3.73. The number of hydrogen-bond donors (Lipinski definition) is 0. The van der Waals surface area contributed by atoms with Crippen LogP contribution < -0.4 is 5.56 Å². The van der Waals surface area contributed by atoms with Crippen molar-refractivity contribution in [3.05, 3.63) is 76.8 Å². The number of carbonyl (C=O) groups is 1. The van der Waals surface area contributed by atoms with Crippen LogP contribution >= 0.6 is 0 Å². The Kier molecular flexibility index (Phi) is 5.10. The topological polar surface area (TPSA) is 68.3 Å². The number of nitrogens with zero attached hydrogens (tertiary/aromatic N) is 3. The monoisotopic (exact) mass is 377 g/mol. The van der Waals surface area contributed by atoms with E-state index < -0.39 is 0 Å². The summed E-state index contributed by atoms with van der Waals surface area (Å²) in [7, 11) is 0. The summed E-state index contributed by atoms with van der Waals surface area (Å²) < 4.78 is 6.93. The highest BCUT2D eigenvalue weighted by atomic mass is 16.3. The quantitative estimate of drug-likeness (QED) is 0.698. The van der Waals surface area contributed by atoms with Crippen molar-refractivity contribution >= 4 is 5.91 Å². The van der Waals surface area contributed by atoms with Crippen LogP contribution in [0.25, 0.3) is 11.5 Å². The molecule has 0 aliphatic carbocycles. The minimum atomic E-state index is -0.166. The molecule has 1 aliphatic rings. The summed E-state index contributed by atoms with van der Waals surface area (Å²) in [6, 6.07) is 16.6. The lowest BCUT2D eigenvalue weighted by molar-refractivity contribution is -0.133. The van der Waals surface area contributed by atoms with Crippen LogP contribution in [0.15, 0.2) is 70.1 Å². The number of rotatable bonds is 4. The lowest BCUT2D eigenvalue weighted by Crippen LogP contribution is -2.42. The number of likely N-dealkylation sites (tertiary alicyclic amines) is 1. The fraction of sp³-hybridized carbons (Fsp3) is 0.318. The molecule has 1 fully saturated rings. The molecule has 2 aromatic heterocycles. The lowest BCUT2D eigenvalue weighted by atomic mass is 9.97. The number of aromatic nitrogens is 2. The Morgan fingerprint density at radius 1 is 1.07 bits per heavy atom. The van der Waals surface area contributed by atoms with E-state index in [1.165, 1.54) is 6.07 Å². The molecule has 6 heteroatoms. The van der Waals surface area contributed by atoms with E-state index >= 15 is 0 Å². The second-order valence-corrected chi connectivity index (χ2v) is 7.17. The van der Waals surface area contributed by atoms with Crippen molar-refractivity contribution in [2.24, 2.45) is 0 Å². The molecule has 4 rings (SSSR count). The molecule has 0 spiro atoms. The number of benzene rings is 1. The first kappa shape index (κ1) is 18.2. The number of amides is 1. The highest BCUT2D eigenvalue weighted by molar-refractivity contribution is 5.83. The minimum Gasteiger partial charge on any atom is -0.463 e. The van der Waals surface area contributed by atoms with Crippen LogP contribution in [0.1, 0.15) is 37.3 Å². The molecule has 144 valence electrons. The molecule has 28 heavy (non-hydrogen) atoms. The predicted molar refractivity (Wildman–Crippen MR) is 106 cm³/mol. The summed E-state index contributed by atoms with van der Waals surface area (Å²) >= 11 is 0. The Morgan fingerprint density at radius 2 is 1.82 bits per heavy atom.